The Kier molecular flexibility index (Phi) is 9.69. The number of carboxylic acids is 1. The molecule has 2 aromatic carbocycles. The number of aliphatic carboxylic acids is 1. The van der Waals surface area contributed by atoms with Crippen molar-refractivity contribution in [3.63, 3.8) is 0 Å². The quantitative estimate of drug-likeness (QED) is 0.238. The number of carbonyl (C=O) groups excluding carboxylic acids is 2. The lowest BCUT2D eigenvalue weighted by atomic mass is 10.1. The number of aromatic hydroxyl groups is 2. The van der Waals surface area contributed by atoms with Crippen LogP contribution in [0.3, 0.4) is 0 Å². The van der Waals surface area contributed by atoms with Crippen molar-refractivity contribution in [3.8, 4) is 11.6 Å². The minimum atomic E-state index is -4.56. The zero-order valence-corrected chi connectivity index (χ0v) is 20.6. The maximum Gasteiger partial charge on any atom is 0.416 e. The summed E-state index contributed by atoms with van der Waals surface area (Å²) in [5.41, 5.74) is -3.55. The van der Waals surface area contributed by atoms with E-state index in [9.17, 15) is 42.6 Å². The van der Waals surface area contributed by atoms with Crippen LogP contribution >= 0.6 is 11.6 Å². The Balaban J connectivity index is 0.00000533. The van der Waals surface area contributed by atoms with Crippen molar-refractivity contribution in [1.82, 2.24) is 21.4 Å². The molecule has 3 rings (SSSR count). The maximum atomic E-state index is 13.0. The number of hydrogen-bond acceptors (Lipinski definition) is 7. The summed E-state index contributed by atoms with van der Waals surface area (Å²) in [5.74, 6) is -6.23. The molecule has 0 saturated heterocycles. The zero-order chi connectivity index (χ0) is 28.2. The molecular formula is C24H22ClF3N4O7. The van der Waals surface area contributed by atoms with Crippen LogP contribution in [0.2, 0.25) is 5.02 Å². The lowest BCUT2D eigenvalue weighted by molar-refractivity contribution is -0.138. The van der Waals surface area contributed by atoms with Gasteiger partial charge in [-0.2, -0.15) is 13.2 Å². The Labute approximate surface area is 223 Å². The summed E-state index contributed by atoms with van der Waals surface area (Å²) in [5, 5.41) is 34.6. The van der Waals surface area contributed by atoms with Gasteiger partial charge in [0.25, 0.3) is 17.4 Å². The molecule has 0 aliphatic carbocycles. The third-order valence-electron chi connectivity index (χ3n) is 5.29. The molecule has 0 bridgehead atoms. The molecule has 3 aromatic rings. The Morgan fingerprint density at radius 3 is 2.08 bits per heavy atom. The number of nitrogens with one attached hydrogen (secondary N) is 2. The number of nitrogens with zero attached hydrogens (tertiary/aromatic N) is 1. The number of benzene rings is 2. The zero-order valence-electron chi connectivity index (χ0n) is 19.9. The maximum absolute atomic E-state index is 13.0. The molecule has 39 heavy (non-hydrogen) atoms. The van der Waals surface area contributed by atoms with Crippen molar-refractivity contribution in [2.75, 3.05) is 6.54 Å². The predicted molar refractivity (Wildman–Crippen MR) is 132 cm³/mol. The van der Waals surface area contributed by atoms with Crippen molar-refractivity contribution in [3.05, 3.63) is 91.7 Å². The van der Waals surface area contributed by atoms with E-state index in [1.54, 1.807) is 12.1 Å². The molecule has 8 N–H and O–H groups in total. The molecule has 0 radical (unpaired) electrons. The SMILES string of the molecule is N.O=C(O)CNC(=O)c1c(O)c(C(=O)NCc2ccc(C(F)(F)F)cc2)c(O)n(Cc2ccccc2Cl)c1=O. The standard InChI is InChI=1S/C24H19ClF3N3O7.H3N/c25-15-4-2-1-3-13(15)11-31-22(37)17(19(34)18(23(31)38)21(36)30-10-16(32)33)20(35)29-9-12-5-7-14(8-6-12)24(26,27)28;/h1-8,34,37H,9-11H2,(H,29,35)(H,30,36)(H,32,33);1H3. The Morgan fingerprint density at radius 2 is 1.51 bits per heavy atom. The minimum Gasteiger partial charge on any atom is -0.506 e. The van der Waals surface area contributed by atoms with Crippen molar-refractivity contribution in [2.45, 2.75) is 19.3 Å². The van der Waals surface area contributed by atoms with Crippen LogP contribution in [-0.4, -0.2) is 44.2 Å². The number of hydrogen-bond donors (Lipinski definition) is 6. The van der Waals surface area contributed by atoms with Gasteiger partial charge < -0.3 is 32.1 Å². The van der Waals surface area contributed by atoms with Crippen LogP contribution in [-0.2, 0) is 24.1 Å². The second-order valence-corrected chi connectivity index (χ2v) is 8.27. The number of pyridine rings is 1. The van der Waals surface area contributed by atoms with Crippen LogP contribution in [0.15, 0.2) is 53.3 Å². The number of halogens is 4. The predicted octanol–water partition coefficient (Wildman–Crippen LogP) is 2.89. The molecule has 1 heterocycles. The highest BCUT2D eigenvalue weighted by atomic mass is 35.5. The lowest BCUT2D eigenvalue weighted by Crippen LogP contribution is -2.37. The Bertz CT molecular complexity index is 1460. The monoisotopic (exact) mass is 570 g/mol. The second kappa shape index (κ2) is 12.3. The van der Waals surface area contributed by atoms with Gasteiger partial charge in [0.05, 0.1) is 12.1 Å². The first-order valence-corrected chi connectivity index (χ1v) is 11.1. The first-order valence-electron chi connectivity index (χ1n) is 10.7. The molecule has 11 nitrogen and oxygen atoms in total. The van der Waals surface area contributed by atoms with Crippen molar-refractivity contribution >= 4 is 29.4 Å². The van der Waals surface area contributed by atoms with E-state index in [0.29, 0.717) is 10.1 Å². The molecule has 0 aliphatic heterocycles. The van der Waals surface area contributed by atoms with Gasteiger partial charge in [-0.3, -0.25) is 23.7 Å². The van der Waals surface area contributed by atoms with Crippen LogP contribution in [0.25, 0.3) is 0 Å². The molecule has 0 aliphatic rings. The van der Waals surface area contributed by atoms with Gasteiger partial charge in [0, 0.05) is 11.6 Å². The van der Waals surface area contributed by atoms with Crippen LogP contribution in [0, 0.1) is 0 Å². The fourth-order valence-electron chi connectivity index (χ4n) is 3.38. The van der Waals surface area contributed by atoms with E-state index in [1.165, 1.54) is 12.1 Å². The molecule has 1 aromatic heterocycles. The van der Waals surface area contributed by atoms with Gasteiger partial charge >= 0.3 is 12.1 Å². The molecule has 15 heteroatoms. The van der Waals surface area contributed by atoms with E-state index >= 15 is 0 Å². The Hall–Kier alpha value is -4.56. The summed E-state index contributed by atoms with van der Waals surface area (Å²) in [6.45, 7) is -1.71. The van der Waals surface area contributed by atoms with Gasteiger partial charge in [0.1, 0.15) is 17.7 Å². The van der Waals surface area contributed by atoms with Gasteiger partial charge in [-0.05, 0) is 29.3 Å². The molecule has 0 unspecified atom stereocenters. The summed E-state index contributed by atoms with van der Waals surface area (Å²) in [4.78, 5) is 49.4. The summed E-state index contributed by atoms with van der Waals surface area (Å²) in [7, 11) is 0. The topological polar surface area (TPSA) is 193 Å². The molecule has 2 amide bonds. The van der Waals surface area contributed by atoms with E-state index in [1.807, 2.05) is 5.32 Å². The van der Waals surface area contributed by atoms with Gasteiger partial charge in [0.2, 0.25) is 5.88 Å². The van der Waals surface area contributed by atoms with Crippen LogP contribution in [0.5, 0.6) is 11.6 Å². The summed E-state index contributed by atoms with van der Waals surface area (Å²) < 4.78 is 38.9. The number of amides is 2. The minimum absolute atomic E-state index is 0. The lowest BCUT2D eigenvalue weighted by Gasteiger charge is -2.17. The number of carboxylic acid groups (broad SMARTS) is 1. The van der Waals surface area contributed by atoms with Crippen LogP contribution < -0.4 is 22.3 Å². The first kappa shape index (κ1) is 30.7. The Morgan fingerprint density at radius 1 is 0.923 bits per heavy atom. The number of alkyl halides is 3. The average Bonchev–Trinajstić information content (AvgIpc) is 2.85. The average molecular weight is 571 g/mol. The largest absolute Gasteiger partial charge is 0.506 e. The normalized spacial score (nSPS) is 10.9. The number of rotatable bonds is 8. The number of aromatic nitrogens is 1. The van der Waals surface area contributed by atoms with Crippen molar-refractivity contribution < 1.29 is 42.9 Å². The van der Waals surface area contributed by atoms with Gasteiger partial charge in [-0.15, -0.1) is 0 Å². The van der Waals surface area contributed by atoms with Crippen molar-refractivity contribution in [1.29, 1.82) is 0 Å². The highest BCUT2D eigenvalue weighted by molar-refractivity contribution is 6.31. The third-order valence-corrected chi connectivity index (χ3v) is 5.66. The smallest absolute Gasteiger partial charge is 0.416 e. The van der Waals surface area contributed by atoms with Gasteiger partial charge in [-0.25, -0.2) is 0 Å². The summed E-state index contributed by atoms with van der Waals surface area (Å²) in [6.07, 6.45) is -4.56. The van der Waals surface area contributed by atoms with Crippen LogP contribution in [0.4, 0.5) is 13.2 Å². The molecule has 0 saturated carbocycles. The van der Waals surface area contributed by atoms with Gasteiger partial charge in [-0.1, -0.05) is 41.9 Å². The van der Waals surface area contributed by atoms with Crippen molar-refractivity contribution in [2.24, 2.45) is 0 Å². The summed E-state index contributed by atoms with van der Waals surface area (Å²) >= 11 is 6.12. The summed E-state index contributed by atoms with van der Waals surface area (Å²) in [6, 6.07) is 9.94. The molecule has 0 atom stereocenters. The van der Waals surface area contributed by atoms with Gasteiger partial charge in [0.15, 0.2) is 5.75 Å². The van der Waals surface area contributed by atoms with E-state index in [4.69, 9.17) is 16.7 Å². The molecule has 0 fully saturated rings. The molecule has 208 valence electrons. The second-order valence-electron chi connectivity index (χ2n) is 7.86. The highest BCUT2D eigenvalue weighted by Crippen LogP contribution is 2.31. The number of carbonyl (C=O) groups is 3. The van der Waals surface area contributed by atoms with E-state index in [2.05, 4.69) is 5.32 Å². The molecular weight excluding hydrogens is 549 g/mol. The molecule has 0 spiro atoms. The third kappa shape index (κ3) is 7.06. The van der Waals surface area contributed by atoms with E-state index in [0.717, 1.165) is 24.3 Å². The van der Waals surface area contributed by atoms with E-state index in [-0.39, 0.29) is 23.3 Å². The van der Waals surface area contributed by atoms with Crippen LogP contribution in [0.1, 0.15) is 37.4 Å². The van der Waals surface area contributed by atoms with E-state index < -0.39 is 70.9 Å². The fourth-order valence-corrected chi connectivity index (χ4v) is 3.58. The fraction of sp³-hybridized carbons (Fsp3) is 0.167. The first-order chi connectivity index (χ1) is 17.8. The highest BCUT2D eigenvalue weighted by Gasteiger charge is 2.31.